The van der Waals surface area contributed by atoms with E-state index in [1.165, 1.54) is 0 Å². The van der Waals surface area contributed by atoms with Crippen LogP contribution >= 0.6 is 0 Å². The first-order valence-corrected chi connectivity index (χ1v) is 6.12. The maximum Gasteiger partial charge on any atom is 0.260 e. The molecule has 1 amide bonds. The van der Waals surface area contributed by atoms with E-state index in [9.17, 15) is 4.79 Å². The highest BCUT2D eigenvalue weighted by Gasteiger charge is 2.18. The predicted molar refractivity (Wildman–Crippen MR) is 67.2 cm³/mol. The van der Waals surface area contributed by atoms with Gasteiger partial charge >= 0.3 is 0 Å². The maximum absolute atomic E-state index is 11.8. The summed E-state index contributed by atoms with van der Waals surface area (Å²) >= 11 is 0. The summed E-state index contributed by atoms with van der Waals surface area (Å²) in [5, 5.41) is 8.82. The van der Waals surface area contributed by atoms with E-state index in [4.69, 9.17) is 10.00 Å². The Morgan fingerprint density at radius 2 is 2.17 bits per heavy atom. The van der Waals surface area contributed by atoms with Crippen molar-refractivity contribution in [3.63, 3.8) is 0 Å². The third kappa shape index (κ3) is 2.80. The van der Waals surface area contributed by atoms with E-state index in [-0.39, 0.29) is 12.5 Å². The molecule has 1 aliphatic rings. The van der Waals surface area contributed by atoms with Gasteiger partial charge in [-0.25, -0.2) is 0 Å². The SMILES string of the molecule is Cc1ccc(C#N)cc1OCC(=O)N1CCCC1. The molecular formula is C14H16N2O2. The molecule has 0 unspecified atom stereocenters. The fourth-order valence-corrected chi connectivity index (χ4v) is 2.02. The first kappa shape index (κ1) is 12.4. The number of ether oxygens (including phenoxy) is 1. The van der Waals surface area contributed by atoms with Crippen LogP contribution in [0.15, 0.2) is 18.2 Å². The van der Waals surface area contributed by atoms with Gasteiger partial charge in [0.15, 0.2) is 6.61 Å². The van der Waals surface area contributed by atoms with Crippen molar-refractivity contribution in [2.75, 3.05) is 19.7 Å². The molecular weight excluding hydrogens is 228 g/mol. The fraction of sp³-hybridized carbons (Fsp3) is 0.429. The summed E-state index contributed by atoms with van der Waals surface area (Å²) in [7, 11) is 0. The highest BCUT2D eigenvalue weighted by Crippen LogP contribution is 2.19. The zero-order valence-electron chi connectivity index (χ0n) is 10.5. The van der Waals surface area contributed by atoms with Gasteiger partial charge in [-0.05, 0) is 37.5 Å². The number of likely N-dealkylation sites (tertiary alicyclic amines) is 1. The zero-order valence-corrected chi connectivity index (χ0v) is 10.5. The molecule has 0 aromatic heterocycles. The van der Waals surface area contributed by atoms with E-state index in [1.807, 2.05) is 17.9 Å². The molecule has 1 aromatic rings. The fourth-order valence-electron chi connectivity index (χ4n) is 2.02. The molecule has 4 heteroatoms. The third-order valence-electron chi connectivity index (χ3n) is 3.13. The van der Waals surface area contributed by atoms with Gasteiger partial charge < -0.3 is 9.64 Å². The molecule has 4 nitrogen and oxygen atoms in total. The van der Waals surface area contributed by atoms with Crippen LogP contribution in [-0.4, -0.2) is 30.5 Å². The standard InChI is InChI=1S/C14H16N2O2/c1-11-4-5-12(9-15)8-13(11)18-10-14(17)16-6-2-3-7-16/h4-5,8H,2-3,6-7,10H2,1H3. The van der Waals surface area contributed by atoms with Gasteiger partial charge in [0.2, 0.25) is 0 Å². The molecule has 0 saturated carbocycles. The third-order valence-corrected chi connectivity index (χ3v) is 3.13. The number of hydrogen-bond donors (Lipinski definition) is 0. The van der Waals surface area contributed by atoms with Gasteiger partial charge in [-0.15, -0.1) is 0 Å². The maximum atomic E-state index is 11.8. The highest BCUT2D eigenvalue weighted by atomic mass is 16.5. The van der Waals surface area contributed by atoms with E-state index < -0.39 is 0 Å². The number of rotatable bonds is 3. The Balaban J connectivity index is 1.97. The molecule has 0 radical (unpaired) electrons. The molecule has 1 saturated heterocycles. The van der Waals surface area contributed by atoms with Crippen LogP contribution in [0.1, 0.15) is 24.0 Å². The minimum Gasteiger partial charge on any atom is -0.483 e. The monoisotopic (exact) mass is 244 g/mol. The second-order valence-electron chi connectivity index (χ2n) is 4.47. The number of amides is 1. The molecule has 18 heavy (non-hydrogen) atoms. The lowest BCUT2D eigenvalue weighted by Crippen LogP contribution is -2.32. The van der Waals surface area contributed by atoms with Crippen LogP contribution in [0.2, 0.25) is 0 Å². The van der Waals surface area contributed by atoms with Crippen LogP contribution in [0.4, 0.5) is 0 Å². The van der Waals surface area contributed by atoms with Gasteiger partial charge in [-0.3, -0.25) is 4.79 Å². The lowest BCUT2D eigenvalue weighted by Gasteiger charge is -2.16. The topological polar surface area (TPSA) is 53.3 Å². The Hall–Kier alpha value is -2.02. The normalized spacial score (nSPS) is 14.3. The van der Waals surface area contributed by atoms with E-state index in [0.29, 0.717) is 11.3 Å². The summed E-state index contributed by atoms with van der Waals surface area (Å²) in [6, 6.07) is 7.30. The number of nitrogens with zero attached hydrogens (tertiary/aromatic N) is 2. The van der Waals surface area contributed by atoms with Crippen molar-refractivity contribution in [1.29, 1.82) is 5.26 Å². The molecule has 1 aliphatic heterocycles. The van der Waals surface area contributed by atoms with E-state index in [1.54, 1.807) is 12.1 Å². The molecule has 0 bridgehead atoms. The Bertz CT molecular complexity index is 485. The minimum atomic E-state index is 0.0225. The number of carbonyl (C=O) groups excluding carboxylic acids is 1. The van der Waals surface area contributed by atoms with Gasteiger partial charge in [0.1, 0.15) is 5.75 Å². The summed E-state index contributed by atoms with van der Waals surface area (Å²) in [4.78, 5) is 13.6. The van der Waals surface area contributed by atoms with Crippen LogP contribution in [0.3, 0.4) is 0 Å². The van der Waals surface area contributed by atoms with E-state index >= 15 is 0 Å². The summed E-state index contributed by atoms with van der Waals surface area (Å²) in [5.74, 6) is 0.635. The van der Waals surface area contributed by atoms with Gasteiger partial charge in [0.25, 0.3) is 5.91 Å². The van der Waals surface area contributed by atoms with E-state index in [0.717, 1.165) is 31.5 Å². The predicted octanol–water partition coefficient (Wildman–Crippen LogP) is 1.87. The van der Waals surface area contributed by atoms with Crippen molar-refractivity contribution < 1.29 is 9.53 Å². The van der Waals surface area contributed by atoms with Gasteiger partial charge in [0, 0.05) is 13.1 Å². The molecule has 0 spiro atoms. The first-order chi connectivity index (χ1) is 8.70. The summed E-state index contributed by atoms with van der Waals surface area (Å²) in [5.41, 5.74) is 1.48. The molecule has 1 heterocycles. The number of aryl methyl sites for hydroxylation is 1. The lowest BCUT2D eigenvalue weighted by molar-refractivity contribution is -0.132. The summed E-state index contributed by atoms with van der Waals surface area (Å²) in [6.45, 7) is 3.62. The Morgan fingerprint density at radius 1 is 1.44 bits per heavy atom. The van der Waals surface area contributed by atoms with Gasteiger partial charge in [0.05, 0.1) is 11.6 Å². The zero-order chi connectivity index (χ0) is 13.0. The average molecular weight is 244 g/mol. The van der Waals surface area contributed by atoms with Gasteiger partial charge in [-0.2, -0.15) is 5.26 Å². The smallest absolute Gasteiger partial charge is 0.260 e. The lowest BCUT2D eigenvalue weighted by atomic mass is 10.1. The second kappa shape index (κ2) is 5.54. The molecule has 0 N–H and O–H groups in total. The largest absolute Gasteiger partial charge is 0.483 e. The van der Waals surface area contributed by atoms with Crippen molar-refractivity contribution in [3.05, 3.63) is 29.3 Å². The molecule has 0 atom stereocenters. The molecule has 2 rings (SSSR count). The Morgan fingerprint density at radius 3 is 2.83 bits per heavy atom. The van der Waals surface area contributed by atoms with Crippen molar-refractivity contribution in [3.8, 4) is 11.8 Å². The summed E-state index contributed by atoms with van der Waals surface area (Å²) < 4.78 is 5.51. The molecule has 1 fully saturated rings. The Labute approximate surface area is 107 Å². The van der Waals surface area contributed by atoms with Crippen LogP contribution < -0.4 is 4.74 Å². The van der Waals surface area contributed by atoms with Crippen molar-refractivity contribution in [2.24, 2.45) is 0 Å². The van der Waals surface area contributed by atoms with Crippen LogP contribution in [-0.2, 0) is 4.79 Å². The van der Waals surface area contributed by atoms with E-state index in [2.05, 4.69) is 6.07 Å². The highest BCUT2D eigenvalue weighted by molar-refractivity contribution is 5.78. The number of carbonyl (C=O) groups is 1. The molecule has 94 valence electrons. The molecule has 1 aromatic carbocycles. The first-order valence-electron chi connectivity index (χ1n) is 6.12. The van der Waals surface area contributed by atoms with Crippen LogP contribution in [0.25, 0.3) is 0 Å². The average Bonchev–Trinajstić information content (AvgIpc) is 2.91. The Kier molecular flexibility index (Phi) is 3.83. The number of nitriles is 1. The van der Waals surface area contributed by atoms with Crippen LogP contribution in [0.5, 0.6) is 5.75 Å². The van der Waals surface area contributed by atoms with Crippen LogP contribution in [0, 0.1) is 18.3 Å². The van der Waals surface area contributed by atoms with Crippen molar-refractivity contribution >= 4 is 5.91 Å². The van der Waals surface area contributed by atoms with Crippen molar-refractivity contribution in [2.45, 2.75) is 19.8 Å². The number of hydrogen-bond acceptors (Lipinski definition) is 3. The summed E-state index contributed by atoms with van der Waals surface area (Å²) in [6.07, 6.45) is 2.16. The minimum absolute atomic E-state index is 0.0225. The molecule has 0 aliphatic carbocycles. The second-order valence-corrected chi connectivity index (χ2v) is 4.47. The quantitative estimate of drug-likeness (QED) is 0.815. The van der Waals surface area contributed by atoms with Crippen molar-refractivity contribution in [1.82, 2.24) is 4.90 Å². The van der Waals surface area contributed by atoms with Gasteiger partial charge in [-0.1, -0.05) is 6.07 Å². The number of benzene rings is 1.